The van der Waals surface area contributed by atoms with Crippen LogP contribution in [0.15, 0.2) is 0 Å². The molecule has 0 aromatic heterocycles. The molecule has 2 fully saturated rings. The third-order valence-electron chi connectivity index (χ3n) is 4.53. The summed E-state index contributed by atoms with van der Waals surface area (Å²) in [5.74, 6) is 0.477. The van der Waals surface area contributed by atoms with Crippen molar-refractivity contribution in [1.82, 2.24) is 15.1 Å². The van der Waals surface area contributed by atoms with Crippen LogP contribution in [0.25, 0.3) is 0 Å². The van der Waals surface area contributed by atoms with Crippen LogP contribution in [-0.2, 0) is 9.59 Å². The summed E-state index contributed by atoms with van der Waals surface area (Å²) in [6.07, 6.45) is 6.56. The van der Waals surface area contributed by atoms with Gasteiger partial charge in [-0.1, -0.05) is 12.8 Å². The van der Waals surface area contributed by atoms with E-state index in [1.807, 2.05) is 4.90 Å². The molecule has 2 rings (SSSR count). The summed E-state index contributed by atoms with van der Waals surface area (Å²) < 4.78 is 0. The van der Waals surface area contributed by atoms with E-state index in [9.17, 15) is 9.59 Å². The summed E-state index contributed by atoms with van der Waals surface area (Å²) in [7, 11) is 3.59. The van der Waals surface area contributed by atoms with Crippen molar-refractivity contribution in [3.63, 3.8) is 0 Å². The maximum absolute atomic E-state index is 12.1. The van der Waals surface area contributed by atoms with Crippen LogP contribution in [0, 0.1) is 5.92 Å². The minimum atomic E-state index is 0.0943. The van der Waals surface area contributed by atoms with E-state index in [-0.39, 0.29) is 17.7 Å². The lowest BCUT2D eigenvalue weighted by molar-refractivity contribution is -0.138. The molecule has 1 saturated carbocycles. The van der Waals surface area contributed by atoms with Crippen molar-refractivity contribution in [3.05, 3.63) is 0 Å². The zero-order valence-corrected chi connectivity index (χ0v) is 12.7. The van der Waals surface area contributed by atoms with Crippen LogP contribution in [0.5, 0.6) is 0 Å². The van der Waals surface area contributed by atoms with Gasteiger partial charge in [0.25, 0.3) is 0 Å². The first-order valence-electron chi connectivity index (χ1n) is 7.80. The fourth-order valence-corrected chi connectivity index (χ4v) is 3.21. The van der Waals surface area contributed by atoms with Crippen LogP contribution in [0.2, 0.25) is 0 Å². The topological polar surface area (TPSA) is 52.7 Å². The molecule has 1 heterocycles. The smallest absolute Gasteiger partial charge is 0.236 e. The van der Waals surface area contributed by atoms with E-state index < -0.39 is 0 Å². The Balaban J connectivity index is 1.70. The van der Waals surface area contributed by atoms with Crippen molar-refractivity contribution in [2.45, 2.75) is 44.6 Å². The van der Waals surface area contributed by atoms with Crippen LogP contribution in [0.3, 0.4) is 0 Å². The molecule has 0 unspecified atom stereocenters. The summed E-state index contributed by atoms with van der Waals surface area (Å²) in [5, 5.41) is 3.36. The van der Waals surface area contributed by atoms with Crippen LogP contribution in [-0.4, -0.2) is 61.4 Å². The number of nitrogens with one attached hydrogen (secondary N) is 1. The first kappa shape index (κ1) is 15.3. The van der Waals surface area contributed by atoms with Gasteiger partial charge < -0.3 is 15.1 Å². The number of rotatable bonds is 4. The molecule has 0 atom stereocenters. The fraction of sp³-hybridized carbons (Fsp3) is 0.867. The molecular formula is C15H27N3O2. The molecule has 0 spiro atoms. The standard InChI is InChI=1S/C15H27N3O2/c1-17(2)15(20)12-7-9-18(10-8-12)14(19)11-16-13-5-3-4-6-13/h12-13,16H,3-11H2,1-2H3. The zero-order valence-electron chi connectivity index (χ0n) is 12.7. The largest absolute Gasteiger partial charge is 0.349 e. The number of amides is 2. The van der Waals surface area contributed by atoms with Gasteiger partial charge in [0.15, 0.2) is 0 Å². The molecule has 0 aromatic rings. The van der Waals surface area contributed by atoms with Gasteiger partial charge in [-0.05, 0) is 25.7 Å². The Kier molecular flexibility index (Phi) is 5.40. The van der Waals surface area contributed by atoms with Crippen molar-refractivity contribution in [2.75, 3.05) is 33.7 Å². The lowest BCUT2D eigenvalue weighted by Crippen LogP contribution is -2.46. The zero-order chi connectivity index (χ0) is 14.5. The maximum atomic E-state index is 12.1. The second-order valence-electron chi connectivity index (χ2n) is 6.25. The Morgan fingerprint density at radius 1 is 1.10 bits per heavy atom. The summed E-state index contributed by atoms with van der Waals surface area (Å²) in [5.41, 5.74) is 0. The third-order valence-corrected chi connectivity index (χ3v) is 4.53. The molecule has 0 bridgehead atoms. The normalized spacial score (nSPS) is 21.2. The van der Waals surface area contributed by atoms with Crippen LogP contribution in [0.4, 0.5) is 0 Å². The third kappa shape index (κ3) is 3.95. The van der Waals surface area contributed by atoms with Gasteiger partial charge in [0, 0.05) is 39.1 Å². The van der Waals surface area contributed by atoms with Gasteiger partial charge in [0.2, 0.25) is 11.8 Å². The number of hydrogen-bond donors (Lipinski definition) is 1. The van der Waals surface area contributed by atoms with Gasteiger partial charge >= 0.3 is 0 Å². The van der Waals surface area contributed by atoms with Crippen LogP contribution >= 0.6 is 0 Å². The van der Waals surface area contributed by atoms with E-state index in [2.05, 4.69) is 5.32 Å². The monoisotopic (exact) mass is 281 g/mol. The van der Waals surface area contributed by atoms with Crippen molar-refractivity contribution < 1.29 is 9.59 Å². The van der Waals surface area contributed by atoms with E-state index >= 15 is 0 Å². The Hall–Kier alpha value is -1.10. The van der Waals surface area contributed by atoms with Crippen molar-refractivity contribution >= 4 is 11.8 Å². The molecule has 5 nitrogen and oxygen atoms in total. The summed E-state index contributed by atoms with van der Waals surface area (Å²) in [6, 6.07) is 0.534. The molecule has 0 aromatic carbocycles. The molecule has 1 aliphatic heterocycles. The molecule has 0 radical (unpaired) electrons. The number of likely N-dealkylation sites (tertiary alicyclic amines) is 1. The average molecular weight is 281 g/mol. The second kappa shape index (κ2) is 7.07. The highest BCUT2D eigenvalue weighted by molar-refractivity contribution is 5.80. The van der Waals surface area contributed by atoms with Gasteiger partial charge in [-0.2, -0.15) is 0 Å². The minimum Gasteiger partial charge on any atom is -0.349 e. The minimum absolute atomic E-state index is 0.0943. The number of carbonyl (C=O) groups is 2. The molecule has 2 aliphatic rings. The van der Waals surface area contributed by atoms with E-state index in [4.69, 9.17) is 0 Å². The highest BCUT2D eigenvalue weighted by atomic mass is 16.2. The van der Waals surface area contributed by atoms with Crippen LogP contribution < -0.4 is 5.32 Å². The SMILES string of the molecule is CN(C)C(=O)C1CCN(C(=O)CNC2CCCC2)CC1. The molecule has 1 saturated heterocycles. The van der Waals surface area contributed by atoms with Gasteiger partial charge in [-0.3, -0.25) is 9.59 Å². The summed E-state index contributed by atoms with van der Waals surface area (Å²) in [4.78, 5) is 27.6. The van der Waals surface area contributed by atoms with E-state index in [1.54, 1.807) is 19.0 Å². The molecule has 20 heavy (non-hydrogen) atoms. The number of hydrogen-bond acceptors (Lipinski definition) is 3. The molecule has 1 aliphatic carbocycles. The van der Waals surface area contributed by atoms with Crippen molar-refractivity contribution in [1.29, 1.82) is 0 Å². The number of carbonyl (C=O) groups excluding carboxylic acids is 2. The molecule has 114 valence electrons. The van der Waals surface area contributed by atoms with Gasteiger partial charge in [0.1, 0.15) is 0 Å². The lowest BCUT2D eigenvalue weighted by atomic mass is 9.95. The molecular weight excluding hydrogens is 254 g/mol. The lowest BCUT2D eigenvalue weighted by Gasteiger charge is -2.32. The Morgan fingerprint density at radius 3 is 2.25 bits per heavy atom. The first-order valence-corrected chi connectivity index (χ1v) is 7.80. The summed E-state index contributed by atoms with van der Waals surface area (Å²) in [6.45, 7) is 1.89. The Morgan fingerprint density at radius 2 is 1.70 bits per heavy atom. The van der Waals surface area contributed by atoms with E-state index in [1.165, 1.54) is 25.7 Å². The predicted molar refractivity (Wildman–Crippen MR) is 78.3 cm³/mol. The van der Waals surface area contributed by atoms with Crippen LogP contribution in [0.1, 0.15) is 38.5 Å². The molecule has 5 heteroatoms. The quantitative estimate of drug-likeness (QED) is 0.831. The predicted octanol–water partition coefficient (Wildman–Crippen LogP) is 0.845. The van der Waals surface area contributed by atoms with Gasteiger partial charge in [0.05, 0.1) is 6.54 Å². The highest BCUT2D eigenvalue weighted by Gasteiger charge is 2.28. The maximum Gasteiger partial charge on any atom is 0.236 e. The second-order valence-corrected chi connectivity index (χ2v) is 6.25. The molecule has 1 N–H and O–H groups in total. The van der Waals surface area contributed by atoms with Gasteiger partial charge in [-0.15, -0.1) is 0 Å². The molecule has 2 amide bonds. The van der Waals surface area contributed by atoms with Crippen molar-refractivity contribution in [3.8, 4) is 0 Å². The highest BCUT2D eigenvalue weighted by Crippen LogP contribution is 2.20. The van der Waals surface area contributed by atoms with E-state index in [0.29, 0.717) is 12.6 Å². The van der Waals surface area contributed by atoms with E-state index in [0.717, 1.165) is 25.9 Å². The number of piperidine rings is 1. The Bertz CT molecular complexity index is 343. The number of nitrogens with zero attached hydrogens (tertiary/aromatic N) is 2. The summed E-state index contributed by atoms with van der Waals surface area (Å²) >= 11 is 0. The average Bonchev–Trinajstić information content (AvgIpc) is 2.97. The Labute approximate surface area is 121 Å². The van der Waals surface area contributed by atoms with Crippen molar-refractivity contribution in [2.24, 2.45) is 5.92 Å². The van der Waals surface area contributed by atoms with Gasteiger partial charge in [-0.25, -0.2) is 0 Å². The fourth-order valence-electron chi connectivity index (χ4n) is 3.21. The first-order chi connectivity index (χ1) is 9.58.